The van der Waals surface area contributed by atoms with E-state index >= 15 is 0 Å². The Hall–Kier alpha value is -1.95. The molecule has 2 N–H and O–H groups in total. The van der Waals surface area contributed by atoms with Crippen LogP contribution in [0.5, 0.6) is 0 Å². The predicted octanol–water partition coefficient (Wildman–Crippen LogP) is 3.41. The molecule has 1 aliphatic rings. The van der Waals surface area contributed by atoms with Crippen LogP contribution in [0.3, 0.4) is 0 Å². The van der Waals surface area contributed by atoms with Crippen molar-refractivity contribution in [2.75, 3.05) is 5.73 Å². The maximum atomic E-state index is 14.0. The van der Waals surface area contributed by atoms with E-state index in [0.29, 0.717) is 6.54 Å². The number of thiophene rings is 1. The Morgan fingerprint density at radius 3 is 2.71 bits per heavy atom. The number of anilines is 1. The molecule has 0 spiro atoms. The van der Waals surface area contributed by atoms with Crippen LogP contribution in [-0.4, -0.2) is 16.8 Å². The molecule has 1 saturated carbocycles. The van der Waals surface area contributed by atoms with Crippen molar-refractivity contribution in [1.29, 1.82) is 0 Å². The van der Waals surface area contributed by atoms with Gasteiger partial charge in [-0.05, 0) is 36.4 Å². The van der Waals surface area contributed by atoms with Crippen molar-refractivity contribution in [1.82, 2.24) is 4.90 Å². The molecule has 1 fully saturated rings. The second-order valence-corrected chi connectivity index (χ2v) is 6.10. The van der Waals surface area contributed by atoms with Crippen LogP contribution in [0, 0.1) is 11.6 Å². The van der Waals surface area contributed by atoms with Crippen molar-refractivity contribution in [3.63, 3.8) is 0 Å². The number of rotatable bonds is 4. The zero-order valence-electron chi connectivity index (χ0n) is 11.2. The molecule has 2 aromatic rings. The topological polar surface area (TPSA) is 46.3 Å². The summed E-state index contributed by atoms with van der Waals surface area (Å²) in [5, 5.41) is 1.91. The highest BCUT2D eigenvalue weighted by Gasteiger charge is 2.35. The maximum absolute atomic E-state index is 14.0. The largest absolute Gasteiger partial charge is 0.396 e. The fourth-order valence-electron chi connectivity index (χ4n) is 2.23. The highest BCUT2D eigenvalue weighted by atomic mass is 32.1. The Bertz CT molecular complexity index is 669. The van der Waals surface area contributed by atoms with Crippen LogP contribution in [0.2, 0.25) is 0 Å². The van der Waals surface area contributed by atoms with Gasteiger partial charge in [0.25, 0.3) is 5.91 Å². The van der Waals surface area contributed by atoms with E-state index < -0.39 is 23.1 Å². The molecule has 3 rings (SSSR count). The highest BCUT2D eigenvalue weighted by molar-refractivity contribution is 7.09. The molecule has 110 valence electrons. The normalized spacial score (nSPS) is 14.2. The number of carbonyl (C=O) groups excluding carboxylic acids is 1. The molecule has 0 radical (unpaired) electrons. The molecular weight excluding hydrogens is 294 g/mol. The van der Waals surface area contributed by atoms with E-state index in [-0.39, 0.29) is 11.7 Å². The fraction of sp³-hybridized carbons (Fsp3) is 0.267. The first kappa shape index (κ1) is 14.0. The summed E-state index contributed by atoms with van der Waals surface area (Å²) in [6, 6.07) is 6.00. The summed E-state index contributed by atoms with van der Waals surface area (Å²) in [5.41, 5.74) is 4.67. The average molecular weight is 308 g/mol. The molecule has 1 aromatic heterocycles. The Labute approximate surface area is 125 Å². The summed E-state index contributed by atoms with van der Waals surface area (Å²) in [6.07, 6.45) is 1.73. The van der Waals surface area contributed by atoms with Gasteiger partial charge in [-0.15, -0.1) is 11.3 Å². The van der Waals surface area contributed by atoms with Crippen molar-refractivity contribution < 1.29 is 13.6 Å². The number of nitrogens with two attached hydrogens (primary N) is 1. The van der Waals surface area contributed by atoms with E-state index in [1.165, 1.54) is 16.2 Å². The van der Waals surface area contributed by atoms with Crippen LogP contribution >= 0.6 is 11.3 Å². The molecule has 6 heteroatoms. The maximum Gasteiger partial charge on any atom is 0.260 e. The van der Waals surface area contributed by atoms with Crippen LogP contribution in [0.4, 0.5) is 14.5 Å². The quantitative estimate of drug-likeness (QED) is 0.880. The van der Waals surface area contributed by atoms with Crippen molar-refractivity contribution in [2.45, 2.75) is 25.4 Å². The van der Waals surface area contributed by atoms with E-state index in [9.17, 15) is 13.6 Å². The van der Waals surface area contributed by atoms with Gasteiger partial charge in [0.05, 0.1) is 12.2 Å². The third-order valence-electron chi connectivity index (χ3n) is 3.49. The minimum absolute atomic E-state index is 0.0554. The molecule has 0 atom stereocenters. The summed E-state index contributed by atoms with van der Waals surface area (Å²) < 4.78 is 27.9. The first-order valence-corrected chi connectivity index (χ1v) is 7.52. The summed E-state index contributed by atoms with van der Waals surface area (Å²) in [4.78, 5) is 15.1. The second-order valence-electron chi connectivity index (χ2n) is 5.07. The van der Waals surface area contributed by atoms with Crippen LogP contribution in [0.15, 0.2) is 29.6 Å². The Balaban J connectivity index is 1.93. The lowest BCUT2D eigenvalue weighted by Gasteiger charge is -2.22. The number of benzene rings is 1. The third-order valence-corrected chi connectivity index (χ3v) is 4.35. The van der Waals surface area contributed by atoms with Crippen molar-refractivity contribution in [2.24, 2.45) is 0 Å². The minimum Gasteiger partial charge on any atom is -0.396 e. The molecule has 1 aromatic carbocycles. The molecule has 0 bridgehead atoms. The molecule has 0 saturated heterocycles. The highest BCUT2D eigenvalue weighted by Crippen LogP contribution is 2.32. The van der Waals surface area contributed by atoms with Gasteiger partial charge >= 0.3 is 0 Å². The summed E-state index contributed by atoms with van der Waals surface area (Å²) in [7, 11) is 0. The van der Waals surface area contributed by atoms with E-state index in [0.717, 1.165) is 29.9 Å². The number of hydrogen-bond donors (Lipinski definition) is 1. The molecular formula is C15H14F2N2OS. The summed E-state index contributed by atoms with van der Waals surface area (Å²) in [5.74, 6) is -2.48. The molecule has 1 aliphatic carbocycles. The standard InChI is InChI=1S/C15H14F2N2OS/c16-11-5-6-12(18)14(17)13(11)15(20)19(9-3-4-9)8-10-2-1-7-21-10/h1-2,5-7,9H,3-4,8,18H2. The van der Waals surface area contributed by atoms with Gasteiger partial charge in [0, 0.05) is 10.9 Å². The van der Waals surface area contributed by atoms with E-state index in [4.69, 9.17) is 5.73 Å². The third kappa shape index (κ3) is 2.76. The average Bonchev–Trinajstić information content (AvgIpc) is 3.17. The van der Waals surface area contributed by atoms with Crippen molar-refractivity contribution in [3.05, 3.63) is 51.7 Å². The van der Waals surface area contributed by atoms with Crippen LogP contribution in [0.1, 0.15) is 28.1 Å². The van der Waals surface area contributed by atoms with Crippen molar-refractivity contribution >= 4 is 22.9 Å². The van der Waals surface area contributed by atoms with Gasteiger partial charge < -0.3 is 10.6 Å². The summed E-state index contributed by atoms with van der Waals surface area (Å²) >= 11 is 1.51. The monoisotopic (exact) mass is 308 g/mol. The van der Waals surface area contributed by atoms with E-state index in [1.807, 2.05) is 17.5 Å². The van der Waals surface area contributed by atoms with Gasteiger partial charge in [-0.1, -0.05) is 6.07 Å². The first-order valence-electron chi connectivity index (χ1n) is 6.64. The number of nitrogen functional groups attached to an aromatic ring is 1. The number of carbonyl (C=O) groups is 1. The molecule has 3 nitrogen and oxygen atoms in total. The molecule has 1 amide bonds. The second kappa shape index (κ2) is 5.44. The van der Waals surface area contributed by atoms with Gasteiger partial charge in [-0.2, -0.15) is 0 Å². The molecule has 0 unspecified atom stereocenters. The number of amides is 1. The van der Waals surface area contributed by atoms with Crippen molar-refractivity contribution in [3.8, 4) is 0 Å². The fourth-order valence-corrected chi connectivity index (χ4v) is 2.93. The number of nitrogens with zero attached hydrogens (tertiary/aromatic N) is 1. The molecule has 0 aliphatic heterocycles. The van der Waals surface area contributed by atoms with Gasteiger partial charge in [0.2, 0.25) is 0 Å². The minimum atomic E-state index is -0.975. The van der Waals surface area contributed by atoms with Crippen LogP contribution in [-0.2, 0) is 6.54 Å². The Morgan fingerprint density at radius 1 is 1.33 bits per heavy atom. The number of halogens is 2. The first-order chi connectivity index (χ1) is 10.1. The zero-order chi connectivity index (χ0) is 15.0. The van der Waals surface area contributed by atoms with E-state index in [1.54, 1.807) is 0 Å². The van der Waals surface area contributed by atoms with Gasteiger partial charge in [-0.25, -0.2) is 8.78 Å². The van der Waals surface area contributed by atoms with Crippen LogP contribution < -0.4 is 5.73 Å². The lowest BCUT2D eigenvalue weighted by molar-refractivity contribution is 0.0722. The number of hydrogen-bond acceptors (Lipinski definition) is 3. The zero-order valence-corrected chi connectivity index (χ0v) is 12.0. The molecule has 21 heavy (non-hydrogen) atoms. The molecule has 1 heterocycles. The lowest BCUT2D eigenvalue weighted by Crippen LogP contribution is -2.33. The Kier molecular flexibility index (Phi) is 3.63. The van der Waals surface area contributed by atoms with Gasteiger partial charge in [0.15, 0.2) is 5.82 Å². The Morgan fingerprint density at radius 2 is 2.10 bits per heavy atom. The SMILES string of the molecule is Nc1ccc(F)c(C(=O)N(Cc2cccs2)C2CC2)c1F. The predicted molar refractivity (Wildman–Crippen MR) is 78.0 cm³/mol. The van der Waals surface area contributed by atoms with Gasteiger partial charge in [-0.3, -0.25) is 4.79 Å². The smallest absolute Gasteiger partial charge is 0.260 e. The van der Waals surface area contributed by atoms with Gasteiger partial charge in [0.1, 0.15) is 11.4 Å². The van der Waals surface area contributed by atoms with E-state index in [2.05, 4.69) is 0 Å². The summed E-state index contributed by atoms with van der Waals surface area (Å²) in [6.45, 7) is 0.370. The van der Waals surface area contributed by atoms with Crippen LogP contribution in [0.25, 0.3) is 0 Å². The lowest BCUT2D eigenvalue weighted by atomic mass is 10.1.